The standard InChI is InChI=1S/C12H15ClN2O/c1-12(11(14)16,15-10-6-7-10)8-2-4-9(13)5-3-8/h2-5,10,15H,6-7H2,1H3,(H2,14,16). The van der Waals surface area contributed by atoms with E-state index in [0.717, 1.165) is 18.4 Å². The minimum absolute atomic E-state index is 0.360. The molecule has 1 atom stereocenters. The summed E-state index contributed by atoms with van der Waals surface area (Å²) in [6.45, 7) is 1.82. The zero-order valence-electron chi connectivity index (χ0n) is 9.16. The quantitative estimate of drug-likeness (QED) is 0.841. The Morgan fingerprint density at radius 3 is 2.44 bits per heavy atom. The second kappa shape index (κ2) is 4.07. The van der Waals surface area contributed by atoms with Crippen LogP contribution in [0.3, 0.4) is 0 Å². The monoisotopic (exact) mass is 238 g/mol. The SMILES string of the molecule is CC(NC1CC1)(C(N)=O)c1ccc(Cl)cc1. The van der Waals surface area contributed by atoms with Crippen molar-refractivity contribution in [3.05, 3.63) is 34.9 Å². The number of amides is 1. The number of nitrogens with one attached hydrogen (secondary N) is 1. The molecule has 16 heavy (non-hydrogen) atoms. The number of hydrogen-bond donors (Lipinski definition) is 2. The maximum Gasteiger partial charge on any atom is 0.242 e. The molecule has 1 aliphatic carbocycles. The van der Waals surface area contributed by atoms with Crippen molar-refractivity contribution in [2.45, 2.75) is 31.3 Å². The summed E-state index contributed by atoms with van der Waals surface area (Å²) in [7, 11) is 0. The first-order valence-electron chi connectivity index (χ1n) is 5.36. The number of rotatable bonds is 4. The van der Waals surface area contributed by atoms with Crippen LogP contribution in [-0.2, 0) is 10.3 Å². The van der Waals surface area contributed by atoms with Gasteiger partial charge in [-0.05, 0) is 37.5 Å². The number of carbonyl (C=O) groups excluding carboxylic acids is 1. The van der Waals surface area contributed by atoms with Gasteiger partial charge in [0.1, 0.15) is 5.54 Å². The molecule has 0 bridgehead atoms. The van der Waals surface area contributed by atoms with Crippen molar-refractivity contribution >= 4 is 17.5 Å². The van der Waals surface area contributed by atoms with E-state index in [-0.39, 0.29) is 5.91 Å². The van der Waals surface area contributed by atoms with Crippen molar-refractivity contribution in [2.75, 3.05) is 0 Å². The molecule has 0 aromatic heterocycles. The van der Waals surface area contributed by atoms with E-state index in [4.69, 9.17) is 17.3 Å². The highest BCUT2D eigenvalue weighted by molar-refractivity contribution is 6.30. The smallest absolute Gasteiger partial charge is 0.242 e. The Balaban J connectivity index is 2.30. The molecule has 1 saturated carbocycles. The lowest BCUT2D eigenvalue weighted by atomic mass is 9.91. The average molecular weight is 239 g/mol. The maximum atomic E-state index is 11.6. The van der Waals surface area contributed by atoms with Crippen LogP contribution in [0, 0.1) is 0 Å². The third-order valence-corrected chi connectivity index (χ3v) is 3.24. The fourth-order valence-electron chi connectivity index (χ4n) is 1.72. The van der Waals surface area contributed by atoms with E-state index in [9.17, 15) is 4.79 Å². The number of carbonyl (C=O) groups is 1. The minimum atomic E-state index is -0.800. The fourth-order valence-corrected chi connectivity index (χ4v) is 1.84. The molecule has 0 heterocycles. The Hall–Kier alpha value is -1.06. The summed E-state index contributed by atoms with van der Waals surface area (Å²) >= 11 is 5.82. The molecule has 86 valence electrons. The Morgan fingerprint density at radius 1 is 1.44 bits per heavy atom. The first-order valence-corrected chi connectivity index (χ1v) is 5.74. The molecule has 4 heteroatoms. The van der Waals surface area contributed by atoms with Gasteiger partial charge in [-0.2, -0.15) is 0 Å². The highest BCUT2D eigenvalue weighted by atomic mass is 35.5. The third-order valence-electron chi connectivity index (χ3n) is 2.98. The first kappa shape index (κ1) is 11.4. The number of nitrogens with two attached hydrogens (primary N) is 1. The van der Waals surface area contributed by atoms with Crippen LogP contribution in [0.1, 0.15) is 25.3 Å². The van der Waals surface area contributed by atoms with Crippen molar-refractivity contribution in [3.63, 3.8) is 0 Å². The summed E-state index contributed by atoms with van der Waals surface area (Å²) < 4.78 is 0. The Bertz CT molecular complexity index is 400. The van der Waals surface area contributed by atoms with Crippen molar-refractivity contribution in [3.8, 4) is 0 Å². The Labute approximate surface area is 100.0 Å². The highest BCUT2D eigenvalue weighted by Gasteiger charge is 2.38. The van der Waals surface area contributed by atoms with Crippen LogP contribution in [0.4, 0.5) is 0 Å². The number of benzene rings is 1. The van der Waals surface area contributed by atoms with E-state index in [0.29, 0.717) is 11.1 Å². The summed E-state index contributed by atoms with van der Waals surface area (Å²) in [5.41, 5.74) is 5.54. The van der Waals surface area contributed by atoms with Gasteiger partial charge in [-0.3, -0.25) is 10.1 Å². The molecule has 1 aromatic carbocycles. The third kappa shape index (κ3) is 2.20. The van der Waals surface area contributed by atoms with Crippen molar-refractivity contribution in [1.82, 2.24) is 5.32 Å². The summed E-state index contributed by atoms with van der Waals surface area (Å²) in [6, 6.07) is 7.62. The molecule has 1 aromatic rings. The Kier molecular flexibility index (Phi) is 2.91. The number of primary amides is 1. The van der Waals surface area contributed by atoms with E-state index < -0.39 is 5.54 Å². The topological polar surface area (TPSA) is 55.1 Å². The van der Waals surface area contributed by atoms with Gasteiger partial charge >= 0.3 is 0 Å². The summed E-state index contributed by atoms with van der Waals surface area (Å²) in [4.78, 5) is 11.6. The second-order valence-electron chi connectivity index (χ2n) is 4.41. The summed E-state index contributed by atoms with van der Waals surface area (Å²) in [5, 5.41) is 3.94. The molecular weight excluding hydrogens is 224 g/mol. The second-order valence-corrected chi connectivity index (χ2v) is 4.85. The van der Waals surface area contributed by atoms with Gasteiger partial charge in [0.15, 0.2) is 0 Å². The maximum absolute atomic E-state index is 11.6. The largest absolute Gasteiger partial charge is 0.368 e. The van der Waals surface area contributed by atoms with Gasteiger partial charge in [0, 0.05) is 11.1 Å². The normalized spacial score (nSPS) is 19.1. The van der Waals surface area contributed by atoms with Gasteiger partial charge in [-0.15, -0.1) is 0 Å². The van der Waals surface area contributed by atoms with E-state index in [2.05, 4.69) is 5.32 Å². The van der Waals surface area contributed by atoms with Crippen LogP contribution in [0.5, 0.6) is 0 Å². The molecule has 3 nitrogen and oxygen atoms in total. The lowest BCUT2D eigenvalue weighted by Gasteiger charge is -2.28. The zero-order valence-corrected chi connectivity index (χ0v) is 9.92. The number of halogens is 1. The molecule has 0 spiro atoms. The van der Waals surface area contributed by atoms with Crippen LogP contribution >= 0.6 is 11.6 Å². The van der Waals surface area contributed by atoms with Crippen LogP contribution in [0.15, 0.2) is 24.3 Å². The fraction of sp³-hybridized carbons (Fsp3) is 0.417. The van der Waals surface area contributed by atoms with Crippen molar-refractivity contribution < 1.29 is 4.79 Å². The molecule has 2 rings (SSSR count). The molecule has 0 aliphatic heterocycles. The predicted octanol–water partition coefficient (Wildman–Crippen LogP) is 1.79. The Morgan fingerprint density at radius 2 is 2.00 bits per heavy atom. The van der Waals surface area contributed by atoms with Gasteiger partial charge in [-0.1, -0.05) is 23.7 Å². The van der Waals surface area contributed by atoms with Crippen LogP contribution in [-0.4, -0.2) is 11.9 Å². The van der Waals surface area contributed by atoms with E-state index >= 15 is 0 Å². The average Bonchev–Trinajstić information content (AvgIpc) is 3.02. The molecule has 0 radical (unpaired) electrons. The number of hydrogen-bond acceptors (Lipinski definition) is 2. The predicted molar refractivity (Wildman–Crippen MR) is 64.2 cm³/mol. The van der Waals surface area contributed by atoms with E-state index in [1.165, 1.54) is 0 Å². The van der Waals surface area contributed by atoms with Gasteiger partial charge in [0.25, 0.3) is 0 Å². The van der Waals surface area contributed by atoms with Gasteiger partial charge in [0.2, 0.25) is 5.91 Å². The van der Waals surface area contributed by atoms with Gasteiger partial charge in [-0.25, -0.2) is 0 Å². The van der Waals surface area contributed by atoms with Crippen LogP contribution in [0.2, 0.25) is 5.02 Å². The van der Waals surface area contributed by atoms with E-state index in [1.807, 2.05) is 19.1 Å². The van der Waals surface area contributed by atoms with E-state index in [1.54, 1.807) is 12.1 Å². The molecule has 1 fully saturated rings. The minimum Gasteiger partial charge on any atom is -0.368 e. The summed E-state index contributed by atoms with van der Waals surface area (Å²) in [5.74, 6) is -0.360. The molecule has 1 unspecified atom stereocenters. The van der Waals surface area contributed by atoms with Crippen LogP contribution in [0.25, 0.3) is 0 Å². The summed E-state index contributed by atoms with van der Waals surface area (Å²) in [6.07, 6.45) is 2.22. The lowest BCUT2D eigenvalue weighted by Crippen LogP contribution is -2.51. The molecule has 0 saturated heterocycles. The molecular formula is C12H15ClN2O. The lowest BCUT2D eigenvalue weighted by molar-refractivity contribution is -0.124. The highest BCUT2D eigenvalue weighted by Crippen LogP contribution is 2.29. The van der Waals surface area contributed by atoms with Crippen molar-refractivity contribution in [1.29, 1.82) is 0 Å². The zero-order chi connectivity index (χ0) is 11.8. The molecule has 3 N–H and O–H groups in total. The van der Waals surface area contributed by atoms with Crippen LogP contribution < -0.4 is 11.1 Å². The molecule has 1 aliphatic rings. The van der Waals surface area contributed by atoms with Gasteiger partial charge < -0.3 is 5.73 Å². The van der Waals surface area contributed by atoms with Gasteiger partial charge in [0.05, 0.1) is 0 Å². The van der Waals surface area contributed by atoms with Crippen molar-refractivity contribution in [2.24, 2.45) is 5.73 Å². The molecule has 1 amide bonds. The first-order chi connectivity index (χ1) is 7.52.